The monoisotopic (exact) mass is 195 g/mol. The molecule has 78 valence electrons. The minimum atomic E-state index is -0.536. The lowest BCUT2D eigenvalue weighted by atomic mass is 10.0. The van der Waals surface area contributed by atoms with Gasteiger partial charge in [0, 0.05) is 6.20 Å². The molecule has 14 heavy (non-hydrogen) atoms. The maximum atomic E-state index is 9.86. The summed E-state index contributed by atoms with van der Waals surface area (Å²) in [6.07, 6.45) is 1.83. The molecule has 0 saturated carbocycles. The normalized spacial score (nSPS) is 12.9. The van der Waals surface area contributed by atoms with Gasteiger partial charge in [-0.2, -0.15) is 0 Å². The summed E-state index contributed by atoms with van der Waals surface area (Å²) < 4.78 is 5.13. The van der Waals surface area contributed by atoms with Crippen LogP contribution in [-0.4, -0.2) is 17.2 Å². The minimum Gasteiger partial charge on any atom is -0.495 e. The minimum absolute atomic E-state index is 0.441. The Kier molecular flexibility index (Phi) is 3.89. The fourth-order valence-corrected chi connectivity index (χ4v) is 1.38. The third kappa shape index (κ3) is 2.70. The van der Waals surface area contributed by atoms with Crippen LogP contribution in [0.2, 0.25) is 0 Å². The van der Waals surface area contributed by atoms with Crippen LogP contribution in [0.4, 0.5) is 0 Å². The first-order chi connectivity index (χ1) is 6.65. The molecule has 0 bridgehead atoms. The van der Waals surface area contributed by atoms with Crippen LogP contribution in [0.5, 0.6) is 5.75 Å². The van der Waals surface area contributed by atoms with Crippen LogP contribution >= 0.6 is 0 Å². The van der Waals surface area contributed by atoms with Gasteiger partial charge in [0.25, 0.3) is 0 Å². The van der Waals surface area contributed by atoms with Crippen LogP contribution in [0.15, 0.2) is 18.3 Å². The van der Waals surface area contributed by atoms with Crippen molar-refractivity contribution in [2.24, 2.45) is 5.92 Å². The summed E-state index contributed by atoms with van der Waals surface area (Å²) >= 11 is 0. The lowest BCUT2D eigenvalue weighted by Crippen LogP contribution is -2.06. The highest BCUT2D eigenvalue weighted by Gasteiger charge is 2.15. The third-order valence-electron chi connectivity index (χ3n) is 2.03. The highest BCUT2D eigenvalue weighted by molar-refractivity contribution is 5.28. The van der Waals surface area contributed by atoms with Crippen LogP contribution in [0.25, 0.3) is 0 Å². The molecule has 0 spiro atoms. The molecule has 1 aromatic heterocycles. The predicted octanol–water partition coefficient (Wildman–Crippen LogP) is 2.17. The van der Waals surface area contributed by atoms with E-state index in [1.165, 1.54) is 0 Å². The summed E-state index contributed by atoms with van der Waals surface area (Å²) in [5, 5.41) is 9.86. The van der Waals surface area contributed by atoms with Crippen LogP contribution in [0, 0.1) is 5.92 Å². The summed E-state index contributed by atoms with van der Waals surface area (Å²) in [6.45, 7) is 4.14. The zero-order chi connectivity index (χ0) is 10.6. The maximum absolute atomic E-state index is 9.86. The molecule has 1 atom stereocenters. The SMILES string of the molecule is COc1cccnc1C(O)CC(C)C. The molecule has 1 aromatic rings. The molecule has 1 heterocycles. The van der Waals surface area contributed by atoms with E-state index in [0.29, 0.717) is 23.8 Å². The average Bonchev–Trinajstić information content (AvgIpc) is 2.16. The van der Waals surface area contributed by atoms with Crippen molar-refractivity contribution in [3.8, 4) is 5.75 Å². The highest BCUT2D eigenvalue weighted by atomic mass is 16.5. The molecule has 0 aromatic carbocycles. The number of methoxy groups -OCH3 is 1. The van der Waals surface area contributed by atoms with Crippen molar-refractivity contribution in [2.75, 3.05) is 7.11 Å². The Bertz CT molecular complexity index is 286. The molecule has 1 unspecified atom stereocenters. The van der Waals surface area contributed by atoms with Gasteiger partial charge in [-0.1, -0.05) is 13.8 Å². The van der Waals surface area contributed by atoms with Crippen LogP contribution < -0.4 is 4.74 Å². The first-order valence-corrected chi connectivity index (χ1v) is 4.82. The van der Waals surface area contributed by atoms with Crippen molar-refractivity contribution in [3.05, 3.63) is 24.0 Å². The van der Waals surface area contributed by atoms with E-state index in [-0.39, 0.29) is 0 Å². The van der Waals surface area contributed by atoms with Gasteiger partial charge in [0.15, 0.2) is 0 Å². The van der Waals surface area contributed by atoms with E-state index in [1.54, 1.807) is 19.4 Å². The van der Waals surface area contributed by atoms with Crippen molar-refractivity contribution in [1.82, 2.24) is 4.98 Å². The van der Waals surface area contributed by atoms with Gasteiger partial charge in [0.2, 0.25) is 0 Å². The number of pyridine rings is 1. The molecule has 0 amide bonds. The van der Waals surface area contributed by atoms with Crippen molar-refractivity contribution >= 4 is 0 Å². The molecule has 1 N–H and O–H groups in total. The van der Waals surface area contributed by atoms with E-state index in [4.69, 9.17) is 4.74 Å². The largest absolute Gasteiger partial charge is 0.495 e. The van der Waals surface area contributed by atoms with E-state index >= 15 is 0 Å². The molecular formula is C11H17NO2. The number of hydrogen-bond acceptors (Lipinski definition) is 3. The molecule has 0 aliphatic rings. The maximum Gasteiger partial charge on any atom is 0.143 e. The van der Waals surface area contributed by atoms with Crippen LogP contribution in [0.3, 0.4) is 0 Å². The molecule has 0 radical (unpaired) electrons. The number of hydrogen-bond donors (Lipinski definition) is 1. The highest BCUT2D eigenvalue weighted by Crippen LogP contribution is 2.26. The summed E-state index contributed by atoms with van der Waals surface area (Å²) in [6, 6.07) is 3.61. The number of ether oxygens (including phenoxy) is 1. The Hall–Kier alpha value is -1.09. The molecule has 0 aliphatic heterocycles. The van der Waals surface area contributed by atoms with Crippen LogP contribution in [-0.2, 0) is 0 Å². The first kappa shape index (κ1) is 11.0. The molecule has 0 saturated heterocycles. The second kappa shape index (κ2) is 4.96. The van der Waals surface area contributed by atoms with Gasteiger partial charge in [0.05, 0.1) is 13.2 Å². The van der Waals surface area contributed by atoms with Crippen molar-refractivity contribution < 1.29 is 9.84 Å². The Morgan fingerprint density at radius 1 is 1.50 bits per heavy atom. The van der Waals surface area contributed by atoms with E-state index in [1.807, 2.05) is 6.07 Å². The first-order valence-electron chi connectivity index (χ1n) is 4.82. The molecule has 0 fully saturated rings. The van der Waals surface area contributed by atoms with E-state index < -0.39 is 6.10 Å². The molecule has 3 heteroatoms. The van der Waals surface area contributed by atoms with Gasteiger partial charge in [-0.3, -0.25) is 4.98 Å². The number of aromatic nitrogens is 1. The zero-order valence-corrected chi connectivity index (χ0v) is 8.90. The Balaban J connectivity index is 2.82. The van der Waals surface area contributed by atoms with Crippen LogP contribution in [0.1, 0.15) is 32.1 Å². The number of aliphatic hydroxyl groups excluding tert-OH is 1. The smallest absolute Gasteiger partial charge is 0.143 e. The van der Waals surface area contributed by atoms with Crippen molar-refractivity contribution in [1.29, 1.82) is 0 Å². The summed E-state index contributed by atoms with van der Waals surface area (Å²) in [7, 11) is 1.59. The van der Waals surface area contributed by atoms with Gasteiger partial charge in [0.1, 0.15) is 11.4 Å². The second-order valence-corrected chi connectivity index (χ2v) is 3.74. The number of aliphatic hydroxyl groups is 1. The quantitative estimate of drug-likeness (QED) is 0.800. The Morgan fingerprint density at radius 3 is 2.79 bits per heavy atom. The van der Waals surface area contributed by atoms with Gasteiger partial charge >= 0.3 is 0 Å². The Labute approximate surface area is 84.7 Å². The van der Waals surface area contributed by atoms with Gasteiger partial charge in [-0.05, 0) is 24.5 Å². The average molecular weight is 195 g/mol. The lowest BCUT2D eigenvalue weighted by molar-refractivity contribution is 0.142. The van der Waals surface area contributed by atoms with E-state index in [2.05, 4.69) is 18.8 Å². The third-order valence-corrected chi connectivity index (χ3v) is 2.03. The van der Waals surface area contributed by atoms with Crippen molar-refractivity contribution in [3.63, 3.8) is 0 Å². The topological polar surface area (TPSA) is 42.4 Å². The molecular weight excluding hydrogens is 178 g/mol. The fraction of sp³-hybridized carbons (Fsp3) is 0.545. The Morgan fingerprint density at radius 2 is 2.21 bits per heavy atom. The van der Waals surface area contributed by atoms with E-state index in [9.17, 15) is 5.11 Å². The predicted molar refractivity (Wildman–Crippen MR) is 55.2 cm³/mol. The van der Waals surface area contributed by atoms with Gasteiger partial charge in [-0.25, -0.2) is 0 Å². The molecule has 3 nitrogen and oxygen atoms in total. The van der Waals surface area contributed by atoms with E-state index in [0.717, 1.165) is 0 Å². The second-order valence-electron chi connectivity index (χ2n) is 3.74. The number of rotatable bonds is 4. The summed E-state index contributed by atoms with van der Waals surface area (Å²) in [5.74, 6) is 1.09. The molecule has 0 aliphatic carbocycles. The lowest BCUT2D eigenvalue weighted by Gasteiger charge is -2.14. The van der Waals surface area contributed by atoms with Gasteiger partial charge in [-0.15, -0.1) is 0 Å². The fourth-order valence-electron chi connectivity index (χ4n) is 1.38. The molecule has 1 rings (SSSR count). The summed E-state index contributed by atoms with van der Waals surface area (Å²) in [5.41, 5.74) is 0.628. The summed E-state index contributed by atoms with van der Waals surface area (Å²) in [4.78, 5) is 4.13. The zero-order valence-electron chi connectivity index (χ0n) is 8.90. The van der Waals surface area contributed by atoms with Gasteiger partial charge < -0.3 is 9.84 Å². The standard InChI is InChI=1S/C11H17NO2/c1-8(2)7-9(13)11-10(14-3)5-4-6-12-11/h4-6,8-9,13H,7H2,1-3H3. The number of nitrogens with zero attached hydrogens (tertiary/aromatic N) is 1. The van der Waals surface area contributed by atoms with Crippen molar-refractivity contribution in [2.45, 2.75) is 26.4 Å².